The van der Waals surface area contributed by atoms with Crippen LogP contribution in [-0.2, 0) is 0 Å². The van der Waals surface area contributed by atoms with Crippen LogP contribution in [0.2, 0.25) is 0 Å². The molecule has 34 heavy (non-hydrogen) atoms. The van der Waals surface area contributed by atoms with Crippen molar-refractivity contribution in [1.82, 2.24) is 4.90 Å². The van der Waals surface area contributed by atoms with Crippen molar-refractivity contribution in [3.8, 4) is 23.0 Å². The molecule has 2 aromatic carbocycles. The van der Waals surface area contributed by atoms with Gasteiger partial charge < -0.3 is 29.9 Å². The van der Waals surface area contributed by atoms with Crippen molar-refractivity contribution in [3.63, 3.8) is 0 Å². The Hall–Kier alpha value is -2.48. The van der Waals surface area contributed by atoms with E-state index in [9.17, 15) is 20.4 Å². The Morgan fingerprint density at radius 3 is 1.35 bits per heavy atom. The maximum Gasteiger partial charge on any atom is 0.123 e. The van der Waals surface area contributed by atoms with Crippen LogP contribution in [0.15, 0.2) is 12.1 Å². The highest BCUT2D eigenvalue weighted by atomic mass is 16.5. The van der Waals surface area contributed by atoms with E-state index in [1.807, 2.05) is 60.3 Å². The minimum atomic E-state index is -0.756. The number of hydrogen-bond donors (Lipinski definition) is 4. The van der Waals surface area contributed by atoms with Crippen LogP contribution in [0.1, 0.15) is 47.2 Å². The molecule has 0 heterocycles. The van der Waals surface area contributed by atoms with Crippen LogP contribution in [-0.4, -0.2) is 69.9 Å². The van der Waals surface area contributed by atoms with E-state index in [0.29, 0.717) is 24.6 Å². The van der Waals surface area contributed by atoms with Gasteiger partial charge in [-0.15, -0.1) is 0 Å². The van der Waals surface area contributed by atoms with Crippen molar-refractivity contribution in [1.29, 1.82) is 0 Å². The molecule has 0 aliphatic carbocycles. The van der Waals surface area contributed by atoms with Gasteiger partial charge in [-0.25, -0.2) is 0 Å². The number of hydrogen-bond acceptors (Lipinski definition) is 7. The van der Waals surface area contributed by atoms with E-state index < -0.39 is 12.2 Å². The Labute approximate surface area is 203 Å². The Kier molecular flexibility index (Phi) is 9.62. The molecule has 0 aromatic heterocycles. The minimum absolute atomic E-state index is 0.101. The zero-order chi connectivity index (χ0) is 25.7. The fourth-order valence-electron chi connectivity index (χ4n) is 3.88. The largest absolute Gasteiger partial charge is 0.507 e. The molecular formula is C27H41NO6. The van der Waals surface area contributed by atoms with Crippen LogP contribution in [0, 0.1) is 41.5 Å². The zero-order valence-electron chi connectivity index (χ0n) is 21.8. The van der Waals surface area contributed by atoms with Gasteiger partial charge in [-0.05, 0) is 101 Å². The lowest BCUT2D eigenvalue weighted by atomic mass is 10.0. The monoisotopic (exact) mass is 475 g/mol. The third kappa shape index (κ3) is 6.78. The number of aliphatic hydroxyl groups excluding tert-OH is 2. The lowest BCUT2D eigenvalue weighted by Crippen LogP contribution is -2.45. The van der Waals surface area contributed by atoms with Crippen molar-refractivity contribution < 1.29 is 29.9 Å². The van der Waals surface area contributed by atoms with Crippen LogP contribution in [0.5, 0.6) is 23.0 Å². The number of ether oxygens (including phenoxy) is 2. The second-order valence-corrected chi connectivity index (χ2v) is 9.56. The first kappa shape index (κ1) is 27.8. The number of phenolic OH excluding ortho intramolecular Hbond substituents is 2. The first-order valence-corrected chi connectivity index (χ1v) is 11.8. The maximum absolute atomic E-state index is 10.6. The molecule has 7 heteroatoms. The fourth-order valence-corrected chi connectivity index (χ4v) is 3.88. The van der Waals surface area contributed by atoms with Crippen LogP contribution >= 0.6 is 0 Å². The Balaban J connectivity index is 1.94. The molecule has 0 radical (unpaired) electrons. The van der Waals surface area contributed by atoms with E-state index in [0.717, 1.165) is 33.4 Å². The highest BCUT2D eigenvalue weighted by Crippen LogP contribution is 2.33. The van der Waals surface area contributed by atoms with Crippen molar-refractivity contribution in [2.24, 2.45) is 0 Å². The number of aliphatic hydroxyl groups is 2. The number of aromatic hydroxyl groups is 2. The smallest absolute Gasteiger partial charge is 0.123 e. The van der Waals surface area contributed by atoms with Gasteiger partial charge in [0.25, 0.3) is 0 Å². The van der Waals surface area contributed by atoms with Gasteiger partial charge in [-0.2, -0.15) is 0 Å². The summed E-state index contributed by atoms with van der Waals surface area (Å²) in [5.41, 5.74) is 4.69. The molecule has 2 atom stereocenters. The summed E-state index contributed by atoms with van der Waals surface area (Å²) in [6.45, 7) is 16.0. The average molecular weight is 476 g/mol. The van der Waals surface area contributed by atoms with E-state index in [1.165, 1.54) is 0 Å². The van der Waals surface area contributed by atoms with Crippen LogP contribution in [0.4, 0.5) is 0 Å². The number of phenols is 2. The summed E-state index contributed by atoms with van der Waals surface area (Å²) >= 11 is 0. The van der Waals surface area contributed by atoms with Crippen LogP contribution in [0.3, 0.4) is 0 Å². The molecule has 190 valence electrons. The van der Waals surface area contributed by atoms with Gasteiger partial charge >= 0.3 is 0 Å². The second-order valence-electron chi connectivity index (χ2n) is 9.56. The van der Waals surface area contributed by atoms with E-state index in [4.69, 9.17) is 9.47 Å². The average Bonchev–Trinajstić information content (AvgIpc) is 2.78. The van der Waals surface area contributed by atoms with Crippen molar-refractivity contribution in [2.75, 3.05) is 26.3 Å². The molecule has 0 saturated carbocycles. The molecule has 0 bridgehead atoms. The predicted molar refractivity (Wildman–Crippen MR) is 134 cm³/mol. The predicted octanol–water partition coefficient (Wildman–Crippen LogP) is 3.84. The topological polar surface area (TPSA) is 103 Å². The van der Waals surface area contributed by atoms with Crippen molar-refractivity contribution in [3.05, 3.63) is 45.5 Å². The standard InChI is InChI=1S/C27H41NO6/c1-15(2)28(11-22(29)13-33-24-9-16(3)26(31)20(7)18(24)5)12-23(30)14-34-25-10-17(4)27(32)21(8)19(25)6/h9-10,15,22-23,29-32H,11-14H2,1-8H3. The van der Waals surface area contributed by atoms with Crippen molar-refractivity contribution in [2.45, 2.75) is 73.6 Å². The number of nitrogens with zero attached hydrogens (tertiary/aromatic N) is 1. The normalized spacial score (nSPS) is 13.4. The maximum atomic E-state index is 10.6. The van der Waals surface area contributed by atoms with E-state index in [-0.39, 0.29) is 30.8 Å². The third-order valence-electron chi connectivity index (χ3n) is 6.50. The van der Waals surface area contributed by atoms with Gasteiger partial charge in [0.15, 0.2) is 0 Å². The Morgan fingerprint density at radius 1 is 0.676 bits per heavy atom. The van der Waals surface area contributed by atoms with Gasteiger partial charge in [0, 0.05) is 19.1 Å². The number of rotatable bonds is 11. The van der Waals surface area contributed by atoms with Gasteiger partial charge in [0.2, 0.25) is 0 Å². The molecule has 4 N–H and O–H groups in total. The minimum Gasteiger partial charge on any atom is -0.507 e. The summed E-state index contributed by atoms with van der Waals surface area (Å²) in [4.78, 5) is 1.99. The molecule has 0 aliphatic heterocycles. The summed E-state index contributed by atoms with van der Waals surface area (Å²) in [7, 11) is 0. The van der Waals surface area contributed by atoms with Crippen LogP contribution in [0.25, 0.3) is 0 Å². The Bertz CT molecular complexity index is 913. The van der Waals surface area contributed by atoms with E-state index >= 15 is 0 Å². The van der Waals surface area contributed by atoms with Crippen molar-refractivity contribution >= 4 is 0 Å². The van der Waals surface area contributed by atoms with E-state index in [1.54, 1.807) is 12.1 Å². The molecule has 0 amide bonds. The number of aryl methyl sites for hydroxylation is 2. The van der Waals surface area contributed by atoms with Gasteiger partial charge in [0.05, 0.1) is 0 Å². The second kappa shape index (κ2) is 11.8. The fraction of sp³-hybridized carbons (Fsp3) is 0.556. The molecule has 0 spiro atoms. The van der Waals surface area contributed by atoms with Crippen LogP contribution < -0.4 is 9.47 Å². The molecule has 0 fully saturated rings. The quantitative estimate of drug-likeness (QED) is 0.392. The SMILES string of the molecule is Cc1cc(OCC(O)CN(CC(O)COc2cc(C)c(O)c(C)c2C)C(C)C)c(C)c(C)c1O. The lowest BCUT2D eigenvalue weighted by molar-refractivity contribution is 0.0194. The first-order valence-electron chi connectivity index (χ1n) is 11.8. The molecule has 7 nitrogen and oxygen atoms in total. The molecule has 0 saturated heterocycles. The third-order valence-corrected chi connectivity index (χ3v) is 6.50. The summed E-state index contributed by atoms with van der Waals surface area (Å²) in [6.07, 6.45) is -1.51. The van der Waals surface area contributed by atoms with Gasteiger partial charge in [-0.3, -0.25) is 4.90 Å². The first-order chi connectivity index (χ1) is 15.8. The zero-order valence-corrected chi connectivity index (χ0v) is 21.8. The number of benzene rings is 2. The summed E-state index contributed by atoms with van der Waals surface area (Å²) in [6, 6.07) is 3.66. The van der Waals surface area contributed by atoms with Gasteiger partial charge in [-0.1, -0.05) is 0 Å². The highest BCUT2D eigenvalue weighted by molar-refractivity contribution is 5.52. The summed E-state index contributed by atoms with van der Waals surface area (Å²) < 4.78 is 11.7. The lowest BCUT2D eigenvalue weighted by Gasteiger charge is -2.30. The summed E-state index contributed by atoms with van der Waals surface area (Å²) in [5.74, 6) is 1.82. The molecule has 2 aromatic rings. The molecule has 2 rings (SSSR count). The molecule has 2 unspecified atom stereocenters. The van der Waals surface area contributed by atoms with Gasteiger partial charge in [0.1, 0.15) is 48.4 Å². The molecule has 0 aliphatic rings. The molecular weight excluding hydrogens is 434 g/mol. The summed E-state index contributed by atoms with van der Waals surface area (Å²) in [5, 5.41) is 41.3. The Morgan fingerprint density at radius 2 is 1.03 bits per heavy atom. The highest BCUT2D eigenvalue weighted by Gasteiger charge is 2.21. The van der Waals surface area contributed by atoms with E-state index in [2.05, 4.69) is 0 Å².